The quantitative estimate of drug-likeness (QED) is 0.708. The van der Waals surface area contributed by atoms with E-state index in [4.69, 9.17) is 6.42 Å². The van der Waals surface area contributed by atoms with Gasteiger partial charge in [0.05, 0.1) is 0 Å². The standard InChI is InChI=1S/C14H20N2/c1-3-6-14(16-10-4-2)9-8-13-7-5-11-15-12-13/h1,5,7,11-12,14,16H,4,6,8-10H2,2H3. The Labute approximate surface area is 98.5 Å². The van der Waals surface area contributed by atoms with E-state index in [1.807, 2.05) is 12.3 Å². The highest BCUT2D eigenvalue weighted by Crippen LogP contribution is 2.05. The summed E-state index contributed by atoms with van der Waals surface area (Å²) in [7, 11) is 0. The fourth-order valence-electron chi connectivity index (χ4n) is 1.65. The van der Waals surface area contributed by atoms with Crippen LogP contribution in [0.2, 0.25) is 0 Å². The third kappa shape index (κ3) is 4.95. The number of nitrogens with one attached hydrogen (secondary N) is 1. The Morgan fingerprint density at radius 2 is 2.44 bits per heavy atom. The number of terminal acetylenes is 1. The van der Waals surface area contributed by atoms with Gasteiger partial charge in [-0.05, 0) is 37.4 Å². The number of rotatable bonds is 7. The second kappa shape index (κ2) is 7.90. The minimum absolute atomic E-state index is 0.435. The molecule has 1 N–H and O–H groups in total. The van der Waals surface area contributed by atoms with Gasteiger partial charge in [-0.15, -0.1) is 12.3 Å². The first-order chi connectivity index (χ1) is 7.86. The minimum atomic E-state index is 0.435. The molecule has 0 aliphatic heterocycles. The van der Waals surface area contributed by atoms with Crippen LogP contribution in [0.4, 0.5) is 0 Å². The monoisotopic (exact) mass is 216 g/mol. The molecular formula is C14H20N2. The number of hydrogen-bond acceptors (Lipinski definition) is 2. The molecule has 1 aromatic rings. The average Bonchev–Trinajstić information content (AvgIpc) is 2.34. The summed E-state index contributed by atoms with van der Waals surface area (Å²) in [6.45, 7) is 3.21. The zero-order chi connectivity index (χ0) is 11.6. The van der Waals surface area contributed by atoms with Crippen molar-refractivity contribution in [3.8, 4) is 12.3 Å². The predicted octanol–water partition coefficient (Wildman–Crippen LogP) is 2.41. The summed E-state index contributed by atoms with van der Waals surface area (Å²) in [5.74, 6) is 2.73. The van der Waals surface area contributed by atoms with E-state index in [0.717, 1.165) is 32.2 Å². The van der Waals surface area contributed by atoms with Crippen LogP contribution in [-0.2, 0) is 6.42 Å². The van der Waals surface area contributed by atoms with E-state index in [0.29, 0.717) is 6.04 Å². The van der Waals surface area contributed by atoms with Crippen LogP contribution in [-0.4, -0.2) is 17.6 Å². The molecule has 1 aromatic heterocycles. The van der Waals surface area contributed by atoms with Gasteiger partial charge in [-0.3, -0.25) is 4.98 Å². The van der Waals surface area contributed by atoms with Crippen LogP contribution >= 0.6 is 0 Å². The third-order valence-corrected chi connectivity index (χ3v) is 2.55. The second-order valence-electron chi connectivity index (χ2n) is 3.96. The Balaban J connectivity index is 2.35. The molecule has 0 aliphatic rings. The Kier molecular flexibility index (Phi) is 6.29. The average molecular weight is 216 g/mol. The normalized spacial score (nSPS) is 12.0. The van der Waals surface area contributed by atoms with Crippen molar-refractivity contribution in [3.63, 3.8) is 0 Å². The van der Waals surface area contributed by atoms with Gasteiger partial charge in [0.1, 0.15) is 0 Å². The van der Waals surface area contributed by atoms with Crippen LogP contribution in [0.3, 0.4) is 0 Å². The van der Waals surface area contributed by atoms with Crippen molar-refractivity contribution in [1.82, 2.24) is 10.3 Å². The molecule has 0 radical (unpaired) electrons. The Morgan fingerprint density at radius 1 is 1.56 bits per heavy atom. The van der Waals surface area contributed by atoms with Gasteiger partial charge < -0.3 is 5.32 Å². The molecule has 2 nitrogen and oxygen atoms in total. The molecule has 1 rings (SSSR count). The summed E-state index contributed by atoms with van der Waals surface area (Å²) < 4.78 is 0. The third-order valence-electron chi connectivity index (χ3n) is 2.55. The van der Waals surface area contributed by atoms with Crippen molar-refractivity contribution in [2.45, 2.75) is 38.6 Å². The van der Waals surface area contributed by atoms with E-state index >= 15 is 0 Å². The van der Waals surface area contributed by atoms with E-state index in [-0.39, 0.29) is 0 Å². The van der Waals surface area contributed by atoms with Crippen molar-refractivity contribution < 1.29 is 0 Å². The number of pyridine rings is 1. The Hall–Kier alpha value is -1.33. The molecule has 0 fully saturated rings. The van der Waals surface area contributed by atoms with Gasteiger partial charge in [-0.25, -0.2) is 0 Å². The van der Waals surface area contributed by atoms with E-state index in [1.165, 1.54) is 5.56 Å². The zero-order valence-electron chi connectivity index (χ0n) is 9.95. The van der Waals surface area contributed by atoms with Gasteiger partial charge in [-0.1, -0.05) is 13.0 Å². The zero-order valence-corrected chi connectivity index (χ0v) is 9.95. The maximum Gasteiger partial charge on any atom is 0.0299 e. The number of hydrogen-bond donors (Lipinski definition) is 1. The van der Waals surface area contributed by atoms with Crippen LogP contribution in [0.25, 0.3) is 0 Å². The maximum atomic E-state index is 5.37. The summed E-state index contributed by atoms with van der Waals surface area (Å²) in [5, 5.41) is 3.48. The van der Waals surface area contributed by atoms with E-state index in [2.05, 4.69) is 29.2 Å². The van der Waals surface area contributed by atoms with E-state index in [9.17, 15) is 0 Å². The first-order valence-electron chi connectivity index (χ1n) is 5.92. The molecule has 0 saturated heterocycles. The summed E-state index contributed by atoms with van der Waals surface area (Å²) >= 11 is 0. The topological polar surface area (TPSA) is 24.9 Å². The molecule has 1 heterocycles. The highest BCUT2D eigenvalue weighted by molar-refractivity contribution is 5.08. The molecule has 0 aliphatic carbocycles. The fraction of sp³-hybridized carbons (Fsp3) is 0.500. The predicted molar refractivity (Wildman–Crippen MR) is 68.1 cm³/mol. The molecule has 1 atom stereocenters. The van der Waals surface area contributed by atoms with E-state index < -0.39 is 0 Å². The summed E-state index contributed by atoms with van der Waals surface area (Å²) in [6, 6.07) is 4.52. The van der Waals surface area contributed by atoms with Gasteiger partial charge in [0.15, 0.2) is 0 Å². The van der Waals surface area contributed by atoms with Crippen molar-refractivity contribution in [3.05, 3.63) is 30.1 Å². The van der Waals surface area contributed by atoms with Gasteiger partial charge in [0, 0.05) is 24.9 Å². The molecule has 86 valence electrons. The lowest BCUT2D eigenvalue weighted by molar-refractivity contribution is 0.488. The molecule has 0 amide bonds. The summed E-state index contributed by atoms with van der Waals surface area (Å²) in [4.78, 5) is 4.11. The van der Waals surface area contributed by atoms with E-state index in [1.54, 1.807) is 6.20 Å². The number of nitrogens with zero attached hydrogens (tertiary/aromatic N) is 1. The molecule has 1 unspecified atom stereocenters. The van der Waals surface area contributed by atoms with Gasteiger partial charge in [0.2, 0.25) is 0 Å². The second-order valence-corrected chi connectivity index (χ2v) is 3.96. The van der Waals surface area contributed by atoms with Crippen molar-refractivity contribution in [2.24, 2.45) is 0 Å². The molecule has 0 bridgehead atoms. The molecule has 0 saturated carbocycles. The number of aryl methyl sites for hydroxylation is 1. The molecule has 0 spiro atoms. The van der Waals surface area contributed by atoms with Gasteiger partial charge in [0.25, 0.3) is 0 Å². The van der Waals surface area contributed by atoms with Gasteiger partial charge >= 0.3 is 0 Å². The van der Waals surface area contributed by atoms with Crippen LogP contribution < -0.4 is 5.32 Å². The SMILES string of the molecule is C#CCC(CCc1cccnc1)NCCC. The summed E-state index contributed by atoms with van der Waals surface area (Å²) in [5.41, 5.74) is 1.28. The smallest absolute Gasteiger partial charge is 0.0299 e. The lowest BCUT2D eigenvalue weighted by Crippen LogP contribution is -2.29. The highest BCUT2D eigenvalue weighted by Gasteiger charge is 2.06. The molecule has 16 heavy (non-hydrogen) atoms. The van der Waals surface area contributed by atoms with Crippen molar-refractivity contribution in [2.75, 3.05) is 6.54 Å². The Bertz CT molecular complexity index is 313. The van der Waals surface area contributed by atoms with Crippen molar-refractivity contribution in [1.29, 1.82) is 0 Å². The highest BCUT2D eigenvalue weighted by atomic mass is 14.9. The Morgan fingerprint density at radius 3 is 3.06 bits per heavy atom. The lowest BCUT2D eigenvalue weighted by Gasteiger charge is -2.15. The molecular weight excluding hydrogens is 196 g/mol. The fourth-order valence-corrected chi connectivity index (χ4v) is 1.65. The maximum absolute atomic E-state index is 5.37. The molecule has 2 heteroatoms. The minimum Gasteiger partial charge on any atom is -0.313 e. The van der Waals surface area contributed by atoms with Crippen LogP contribution in [0.15, 0.2) is 24.5 Å². The van der Waals surface area contributed by atoms with Crippen LogP contribution in [0.5, 0.6) is 0 Å². The van der Waals surface area contributed by atoms with Crippen LogP contribution in [0.1, 0.15) is 31.7 Å². The van der Waals surface area contributed by atoms with Crippen molar-refractivity contribution >= 4 is 0 Å². The van der Waals surface area contributed by atoms with Gasteiger partial charge in [-0.2, -0.15) is 0 Å². The number of aromatic nitrogens is 1. The molecule has 0 aromatic carbocycles. The first-order valence-corrected chi connectivity index (χ1v) is 5.92. The lowest BCUT2D eigenvalue weighted by atomic mass is 10.0. The van der Waals surface area contributed by atoms with Crippen LogP contribution in [0, 0.1) is 12.3 Å². The summed E-state index contributed by atoms with van der Waals surface area (Å²) in [6.07, 6.45) is 13.2. The largest absolute Gasteiger partial charge is 0.313 e. The first kappa shape index (κ1) is 12.7.